The first-order valence-electron chi connectivity index (χ1n) is 9.41. The van der Waals surface area contributed by atoms with Gasteiger partial charge in [0.15, 0.2) is 5.13 Å². The molecule has 0 radical (unpaired) electrons. The SMILES string of the molecule is CN(C[C@H]1CCCO1)S(=O)(=O)c1ccc(C(=O)Nc2nc3c(s2)CCC3)cc1. The van der Waals surface area contributed by atoms with Gasteiger partial charge in [0, 0.05) is 30.6 Å². The molecule has 2 aliphatic rings. The van der Waals surface area contributed by atoms with Crippen molar-refractivity contribution in [3.05, 3.63) is 40.4 Å². The molecule has 1 aliphatic heterocycles. The van der Waals surface area contributed by atoms with E-state index in [2.05, 4.69) is 10.3 Å². The molecular formula is C19H23N3O4S2. The number of rotatable bonds is 6. The number of benzene rings is 1. The fourth-order valence-corrected chi connectivity index (χ4v) is 5.79. The topological polar surface area (TPSA) is 88.6 Å². The minimum Gasteiger partial charge on any atom is -0.377 e. The molecule has 1 amide bonds. The number of likely N-dealkylation sites (N-methyl/N-ethyl adjacent to an activating group) is 1. The van der Waals surface area contributed by atoms with E-state index in [4.69, 9.17) is 4.74 Å². The first-order chi connectivity index (χ1) is 13.4. The van der Waals surface area contributed by atoms with Crippen LogP contribution in [0.25, 0.3) is 0 Å². The number of carbonyl (C=O) groups excluding carboxylic acids is 1. The number of thiazole rings is 1. The summed E-state index contributed by atoms with van der Waals surface area (Å²) in [5.74, 6) is -0.288. The lowest BCUT2D eigenvalue weighted by Gasteiger charge is -2.20. The second-order valence-electron chi connectivity index (χ2n) is 7.14. The third-order valence-corrected chi connectivity index (χ3v) is 8.04. The molecule has 7 nitrogen and oxygen atoms in total. The molecule has 1 atom stereocenters. The van der Waals surface area contributed by atoms with Crippen molar-refractivity contribution < 1.29 is 17.9 Å². The van der Waals surface area contributed by atoms with Crippen LogP contribution in [-0.2, 0) is 27.6 Å². The average molecular weight is 422 g/mol. The average Bonchev–Trinajstić information content (AvgIpc) is 3.39. The molecule has 1 fully saturated rings. The Hall–Kier alpha value is -1.81. The molecule has 9 heteroatoms. The van der Waals surface area contributed by atoms with E-state index in [1.54, 1.807) is 7.05 Å². The normalized spacial score (nSPS) is 19.1. The second kappa shape index (κ2) is 7.90. The Kier molecular flexibility index (Phi) is 5.50. The number of carbonyl (C=O) groups is 1. The van der Waals surface area contributed by atoms with Gasteiger partial charge in [0.2, 0.25) is 10.0 Å². The zero-order chi connectivity index (χ0) is 19.7. The number of nitrogens with zero attached hydrogens (tertiary/aromatic N) is 2. The molecule has 1 aromatic heterocycles. The third kappa shape index (κ3) is 3.98. The second-order valence-corrected chi connectivity index (χ2v) is 10.3. The molecule has 28 heavy (non-hydrogen) atoms. The van der Waals surface area contributed by atoms with Crippen LogP contribution in [0.4, 0.5) is 5.13 Å². The van der Waals surface area contributed by atoms with E-state index in [0.717, 1.165) is 37.8 Å². The van der Waals surface area contributed by atoms with Crippen LogP contribution >= 0.6 is 11.3 Å². The first-order valence-corrected chi connectivity index (χ1v) is 11.7. The van der Waals surface area contributed by atoms with Gasteiger partial charge in [-0.1, -0.05) is 0 Å². The van der Waals surface area contributed by atoms with Crippen molar-refractivity contribution in [1.82, 2.24) is 9.29 Å². The molecule has 2 aromatic rings. The Morgan fingerprint density at radius 1 is 1.29 bits per heavy atom. The van der Waals surface area contributed by atoms with Crippen molar-refractivity contribution in [2.24, 2.45) is 0 Å². The number of aromatic nitrogens is 1. The minimum atomic E-state index is -3.61. The van der Waals surface area contributed by atoms with E-state index >= 15 is 0 Å². The van der Waals surface area contributed by atoms with Crippen LogP contribution in [-0.4, -0.2) is 49.9 Å². The zero-order valence-electron chi connectivity index (χ0n) is 15.7. The highest BCUT2D eigenvalue weighted by molar-refractivity contribution is 7.89. The first kappa shape index (κ1) is 19.5. The van der Waals surface area contributed by atoms with Crippen LogP contribution in [0.2, 0.25) is 0 Å². The Labute approximate surface area is 168 Å². The number of fused-ring (bicyclic) bond motifs is 1. The van der Waals surface area contributed by atoms with Gasteiger partial charge >= 0.3 is 0 Å². The Morgan fingerprint density at radius 2 is 2.07 bits per heavy atom. The molecule has 0 spiro atoms. The van der Waals surface area contributed by atoms with Gasteiger partial charge in [-0.2, -0.15) is 4.31 Å². The van der Waals surface area contributed by atoms with E-state index in [9.17, 15) is 13.2 Å². The predicted molar refractivity (Wildman–Crippen MR) is 107 cm³/mol. The smallest absolute Gasteiger partial charge is 0.257 e. The quantitative estimate of drug-likeness (QED) is 0.775. The van der Waals surface area contributed by atoms with E-state index in [-0.39, 0.29) is 16.9 Å². The van der Waals surface area contributed by atoms with Crippen molar-refractivity contribution in [2.45, 2.75) is 43.1 Å². The fourth-order valence-electron chi connectivity index (χ4n) is 3.54. The van der Waals surface area contributed by atoms with Gasteiger partial charge in [0.25, 0.3) is 5.91 Å². The summed E-state index contributed by atoms with van der Waals surface area (Å²) in [7, 11) is -2.06. The Morgan fingerprint density at radius 3 is 2.75 bits per heavy atom. The van der Waals surface area contributed by atoms with Gasteiger partial charge in [-0.05, 0) is 56.4 Å². The van der Waals surface area contributed by atoms with Gasteiger partial charge in [0.05, 0.1) is 16.7 Å². The van der Waals surface area contributed by atoms with E-state index < -0.39 is 10.0 Å². The maximum atomic E-state index is 12.7. The summed E-state index contributed by atoms with van der Waals surface area (Å²) < 4.78 is 32.3. The van der Waals surface area contributed by atoms with Crippen LogP contribution in [0, 0.1) is 0 Å². The van der Waals surface area contributed by atoms with Gasteiger partial charge < -0.3 is 4.74 Å². The van der Waals surface area contributed by atoms with Gasteiger partial charge in [-0.15, -0.1) is 11.3 Å². The number of aryl methyl sites for hydroxylation is 2. The number of sulfonamides is 1. The summed E-state index contributed by atoms with van der Waals surface area (Å²) in [5, 5.41) is 3.41. The van der Waals surface area contributed by atoms with Gasteiger partial charge in [-0.3, -0.25) is 10.1 Å². The van der Waals surface area contributed by atoms with E-state index in [1.807, 2.05) is 0 Å². The third-order valence-electron chi connectivity index (χ3n) is 5.13. The molecule has 0 bridgehead atoms. The highest BCUT2D eigenvalue weighted by Crippen LogP contribution is 2.30. The maximum absolute atomic E-state index is 12.7. The molecule has 2 heterocycles. The molecule has 1 N–H and O–H groups in total. The molecule has 0 unspecified atom stereocenters. The summed E-state index contributed by atoms with van der Waals surface area (Å²) >= 11 is 1.51. The highest BCUT2D eigenvalue weighted by atomic mass is 32.2. The standard InChI is InChI=1S/C19H23N3O4S2/c1-22(12-14-4-3-11-26-14)28(24,25)15-9-7-13(8-10-15)18(23)21-19-20-16-5-2-6-17(16)27-19/h7-10,14H,2-6,11-12H2,1H3,(H,20,21,23)/t14-/m1/s1. The van der Waals surface area contributed by atoms with E-state index in [0.29, 0.717) is 23.8 Å². The summed E-state index contributed by atoms with van der Waals surface area (Å²) in [6.45, 7) is 1.02. The number of anilines is 1. The predicted octanol–water partition coefficient (Wildman–Crippen LogP) is 2.68. The summed E-state index contributed by atoms with van der Waals surface area (Å²) in [6, 6.07) is 6.00. The zero-order valence-corrected chi connectivity index (χ0v) is 17.3. The van der Waals surface area contributed by atoms with E-state index in [1.165, 1.54) is 44.8 Å². The lowest BCUT2D eigenvalue weighted by molar-refractivity contribution is 0.0979. The highest BCUT2D eigenvalue weighted by Gasteiger charge is 2.26. The number of amides is 1. The molecule has 1 aromatic carbocycles. The summed E-state index contributed by atoms with van der Waals surface area (Å²) in [5.41, 5.74) is 1.48. The Balaban J connectivity index is 1.42. The number of nitrogens with one attached hydrogen (secondary N) is 1. The maximum Gasteiger partial charge on any atom is 0.257 e. The van der Waals surface area contributed by atoms with Gasteiger partial charge in [-0.25, -0.2) is 13.4 Å². The van der Waals surface area contributed by atoms with Crippen LogP contribution in [0.5, 0.6) is 0 Å². The van der Waals surface area contributed by atoms with Crippen molar-refractivity contribution in [3.8, 4) is 0 Å². The van der Waals surface area contributed by atoms with Crippen molar-refractivity contribution >= 4 is 32.4 Å². The van der Waals surface area contributed by atoms with Crippen LogP contribution < -0.4 is 5.32 Å². The van der Waals surface area contributed by atoms with Crippen LogP contribution in [0.1, 0.15) is 40.2 Å². The lowest BCUT2D eigenvalue weighted by Crippen LogP contribution is -2.34. The molecule has 1 aliphatic carbocycles. The summed E-state index contributed by atoms with van der Waals surface area (Å²) in [6.07, 6.45) is 4.90. The molecule has 4 rings (SSSR count). The van der Waals surface area contributed by atoms with Crippen LogP contribution in [0.3, 0.4) is 0 Å². The molecular weight excluding hydrogens is 398 g/mol. The van der Waals surface area contributed by atoms with Crippen molar-refractivity contribution in [3.63, 3.8) is 0 Å². The van der Waals surface area contributed by atoms with Crippen molar-refractivity contribution in [2.75, 3.05) is 25.5 Å². The van der Waals surface area contributed by atoms with Crippen LogP contribution in [0.15, 0.2) is 29.2 Å². The minimum absolute atomic E-state index is 0.0512. The lowest BCUT2D eigenvalue weighted by atomic mass is 10.2. The Bertz CT molecular complexity index is 942. The number of hydrogen-bond acceptors (Lipinski definition) is 6. The number of hydrogen-bond donors (Lipinski definition) is 1. The van der Waals surface area contributed by atoms with Crippen molar-refractivity contribution in [1.29, 1.82) is 0 Å². The summed E-state index contributed by atoms with van der Waals surface area (Å²) in [4.78, 5) is 18.3. The molecule has 0 saturated carbocycles. The van der Waals surface area contributed by atoms with Gasteiger partial charge in [0.1, 0.15) is 0 Å². The fraction of sp³-hybridized carbons (Fsp3) is 0.474. The monoisotopic (exact) mass is 421 g/mol. The molecule has 150 valence electrons. The molecule has 1 saturated heterocycles. The number of ether oxygens (including phenoxy) is 1. The largest absolute Gasteiger partial charge is 0.377 e.